The minimum Gasteiger partial charge on any atom is -0.478 e. The van der Waals surface area contributed by atoms with E-state index in [4.69, 9.17) is 5.73 Å². The molecule has 0 radical (unpaired) electrons. The Balaban J connectivity index is 4.51. The number of amides is 1. The first kappa shape index (κ1) is 22.7. The Morgan fingerprint density at radius 3 is 1.62 bits per heavy atom. The number of carboxylic acids is 1. The Kier molecular flexibility index (Phi) is 14.4. The molecule has 0 spiro atoms. The molecule has 0 aromatic rings. The van der Waals surface area contributed by atoms with Crippen molar-refractivity contribution in [3.8, 4) is 0 Å². The SMILES string of the molecule is CCCCCCCCC(CCCCCCC)/C(=C/C(N)=O)C(=O)O. The monoisotopic (exact) mass is 339 g/mol. The molecule has 0 aliphatic rings. The van der Waals surface area contributed by atoms with Gasteiger partial charge in [-0.3, -0.25) is 4.79 Å². The van der Waals surface area contributed by atoms with E-state index in [1.54, 1.807) is 0 Å². The number of aliphatic carboxylic acids is 1. The van der Waals surface area contributed by atoms with Crippen molar-refractivity contribution in [1.82, 2.24) is 0 Å². The van der Waals surface area contributed by atoms with Crippen LogP contribution in [0.4, 0.5) is 0 Å². The highest BCUT2D eigenvalue weighted by atomic mass is 16.4. The number of carboxylic acid groups (broad SMARTS) is 1. The van der Waals surface area contributed by atoms with Gasteiger partial charge in [-0.2, -0.15) is 0 Å². The summed E-state index contributed by atoms with van der Waals surface area (Å²) in [5.74, 6) is -1.72. The molecule has 0 aromatic heterocycles. The first-order chi connectivity index (χ1) is 11.5. The number of rotatable bonds is 16. The maximum absolute atomic E-state index is 11.5. The van der Waals surface area contributed by atoms with Gasteiger partial charge >= 0.3 is 5.97 Å². The topological polar surface area (TPSA) is 80.4 Å². The molecule has 1 atom stereocenters. The maximum Gasteiger partial charge on any atom is 0.332 e. The molecule has 24 heavy (non-hydrogen) atoms. The van der Waals surface area contributed by atoms with Crippen LogP contribution in [0, 0.1) is 5.92 Å². The molecular weight excluding hydrogens is 302 g/mol. The van der Waals surface area contributed by atoms with Crippen LogP contribution in [-0.4, -0.2) is 17.0 Å². The first-order valence-corrected chi connectivity index (χ1v) is 9.77. The van der Waals surface area contributed by atoms with Crippen molar-refractivity contribution >= 4 is 11.9 Å². The molecule has 0 rings (SSSR count). The maximum atomic E-state index is 11.5. The van der Waals surface area contributed by atoms with Gasteiger partial charge in [-0.05, 0) is 18.8 Å². The molecule has 0 saturated carbocycles. The zero-order valence-electron chi connectivity index (χ0n) is 15.7. The number of carbonyl (C=O) groups is 2. The van der Waals surface area contributed by atoms with Crippen LogP contribution in [0.15, 0.2) is 11.6 Å². The van der Waals surface area contributed by atoms with E-state index in [0.717, 1.165) is 44.6 Å². The van der Waals surface area contributed by atoms with Crippen molar-refractivity contribution in [2.24, 2.45) is 11.7 Å². The minimum atomic E-state index is -1.00. The van der Waals surface area contributed by atoms with Gasteiger partial charge in [0.25, 0.3) is 0 Å². The molecule has 4 nitrogen and oxygen atoms in total. The molecule has 1 unspecified atom stereocenters. The summed E-state index contributed by atoms with van der Waals surface area (Å²) in [5.41, 5.74) is 5.39. The van der Waals surface area contributed by atoms with Crippen LogP contribution < -0.4 is 5.73 Å². The molecule has 0 bridgehead atoms. The van der Waals surface area contributed by atoms with Crippen molar-refractivity contribution in [2.75, 3.05) is 0 Å². The Morgan fingerprint density at radius 1 is 0.833 bits per heavy atom. The Hall–Kier alpha value is -1.32. The summed E-state index contributed by atoms with van der Waals surface area (Å²) in [5, 5.41) is 9.43. The number of carbonyl (C=O) groups excluding carboxylic acids is 1. The molecule has 0 aliphatic heterocycles. The molecule has 3 N–H and O–H groups in total. The molecule has 4 heteroatoms. The second-order valence-corrected chi connectivity index (χ2v) is 6.76. The third-order valence-electron chi connectivity index (χ3n) is 4.55. The van der Waals surface area contributed by atoms with E-state index < -0.39 is 11.9 Å². The van der Waals surface area contributed by atoms with Gasteiger partial charge in [-0.1, -0.05) is 84.5 Å². The second-order valence-electron chi connectivity index (χ2n) is 6.76. The van der Waals surface area contributed by atoms with Gasteiger partial charge in [-0.15, -0.1) is 0 Å². The number of nitrogens with two attached hydrogens (primary N) is 1. The van der Waals surface area contributed by atoms with Crippen molar-refractivity contribution in [1.29, 1.82) is 0 Å². The average Bonchev–Trinajstić information content (AvgIpc) is 2.53. The third-order valence-corrected chi connectivity index (χ3v) is 4.55. The fourth-order valence-corrected chi connectivity index (χ4v) is 3.13. The van der Waals surface area contributed by atoms with Gasteiger partial charge in [0.05, 0.1) is 0 Å². The summed E-state index contributed by atoms with van der Waals surface area (Å²) < 4.78 is 0. The zero-order valence-corrected chi connectivity index (χ0v) is 15.7. The lowest BCUT2D eigenvalue weighted by Crippen LogP contribution is -2.18. The van der Waals surface area contributed by atoms with Gasteiger partial charge in [0.1, 0.15) is 0 Å². The van der Waals surface area contributed by atoms with Crippen LogP contribution >= 0.6 is 0 Å². The minimum absolute atomic E-state index is 0.0530. The van der Waals surface area contributed by atoms with E-state index in [9.17, 15) is 14.7 Å². The Labute approximate surface area is 147 Å². The molecule has 0 aromatic carbocycles. The first-order valence-electron chi connectivity index (χ1n) is 9.77. The fourth-order valence-electron chi connectivity index (χ4n) is 3.13. The van der Waals surface area contributed by atoms with Crippen LogP contribution in [0.5, 0.6) is 0 Å². The largest absolute Gasteiger partial charge is 0.478 e. The number of primary amides is 1. The lowest BCUT2D eigenvalue weighted by Gasteiger charge is -2.18. The number of unbranched alkanes of at least 4 members (excludes halogenated alkanes) is 9. The lowest BCUT2D eigenvalue weighted by atomic mass is 9.87. The molecule has 0 aliphatic carbocycles. The van der Waals surface area contributed by atoms with E-state index in [1.165, 1.54) is 44.9 Å². The summed E-state index contributed by atoms with van der Waals surface area (Å²) in [6.45, 7) is 4.38. The Morgan fingerprint density at radius 2 is 1.25 bits per heavy atom. The molecule has 0 heterocycles. The third kappa shape index (κ3) is 12.1. The quantitative estimate of drug-likeness (QED) is 0.299. The summed E-state index contributed by atoms with van der Waals surface area (Å²) in [6.07, 6.45) is 15.7. The highest BCUT2D eigenvalue weighted by molar-refractivity contribution is 5.97. The zero-order chi connectivity index (χ0) is 18.2. The van der Waals surface area contributed by atoms with E-state index in [1.807, 2.05) is 0 Å². The number of hydrogen-bond donors (Lipinski definition) is 2. The second kappa shape index (κ2) is 15.2. The predicted octanol–water partition coefficient (Wildman–Crippen LogP) is 5.21. The van der Waals surface area contributed by atoms with Gasteiger partial charge in [0.15, 0.2) is 0 Å². The van der Waals surface area contributed by atoms with E-state index in [-0.39, 0.29) is 11.5 Å². The van der Waals surface area contributed by atoms with Crippen LogP contribution in [-0.2, 0) is 9.59 Å². The molecule has 0 fully saturated rings. The normalized spacial score (nSPS) is 13.0. The van der Waals surface area contributed by atoms with Crippen LogP contribution in [0.3, 0.4) is 0 Å². The summed E-state index contributed by atoms with van der Waals surface area (Å²) in [4.78, 5) is 22.7. The number of hydrogen-bond acceptors (Lipinski definition) is 2. The predicted molar refractivity (Wildman–Crippen MR) is 99.8 cm³/mol. The molecular formula is C20H37NO3. The van der Waals surface area contributed by atoms with Crippen molar-refractivity contribution < 1.29 is 14.7 Å². The van der Waals surface area contributed by atoms with Crippen molar-refractivity contribution in [3.05, 3.63) is 11.6 Å². The van der Waals surface area contributed by atoms with E-state index >= 15 is 0 Å². The van der Waals surface area contributed by atoms with Crippen LogP contribution in [0.25, 0.3) is 0 Å². The lowest BCUT2D eigenvalue weighted by molar-refractivity contribution is -0.133. The molecule has 1 amide bonds. The smallest absolute Gasteiger partial charge is 0.332 e. The highest BCUT2D eigenvalue weighted by Gasteiger charge is 2.20. The van der Waals surface area contributed by atoms with Crippen LogP contribution in [0.1, 0.15) is 97.3 Å². The Bertz CT molecular complexity index is 377. The molecule has 140 valence electrons. The summed E-state index contributed by atoms with van der Waals surface area (Å²) in [7, 11) is 0. The summed E-state index contributed by atoms with van der Waals surface area (Å²) in [6, 6.07) is 0. The van der Waals surface area contributed by atoms with E-state index in [0.29, 0.717) is 0 Å². The standard InChI is InChI=1S/C20H37NO3/c1-3-5-7-9-11-13-15-17(14-12-10-8-6-4-2)18(20(23)24)16-19(21)22/h16-17H,3-15H2,1-2H3,(H2,21,22)(H,23,24)/b18-16-. The van der Waals surface area contributed by atoms with Gasteiger partial charge < -0.3 is 10.8 Å². The summed E-state index contributed by atoms with van der Waals surface area (Å²) >= 11 is 0. The van der Waals surface area contributed by atoms with Crippen LogP contribution in [0.2, 0.25) is 0 Å². The average molecular weight is 340 g/mol. The van der Waals surface area contributed by atoms with Crippen molar-refractivity contribution in [3.63, 3.8) is 0 Å². The van der Waals surface area contributed by atoms with Gasteiger partial charge in [-0.25, -0.2) is 4.79 Å². The van der Waals surface area contributed by atoms with E-state index in [2.05, 4.69) is 13.8 Å². The fraction of sp³-hybridized carbons (Fsp3) is 0.800. The van der Waals surface area contributed by atoms with Gasteiger partial charge in [0.2, 0.25) is 5.91 Å². The molecule has 0 saturated heterocycles. The van der Waals surface area contributed by atoms with Gasteiger partial charge in [0, 0.05) is 11.6 Å². The highest BCUT2D eigenvalue weighted by Crippen LogP contribution is 2.26. The van der Waals surface area contributed by atoms with Crippen molar-refractivity contribution in [2.45, 2.75) is 97.3 Å².